The molecule has 1 saturated carbocycles. The van der Waals surface area contributed by atoms with Crippen molar-refractivity contribution in [1.82, 2.24) is 15.3 Å². The predicted molar refractivity (Wildman–Crippen MR) is 141 cm³/mol. The number of ether oxygens (including phenoxy) is 2. The molecule has 2 fully saturated rings. The molecule has 2 aromatic heterocycles. The van der Waals surface area contributed by atoms with E-state index in [1.165, 1.54) is 44.7 Å². The van der Waals surface area contributed by atoms with E-state index in [4.69, 9.17) is 38.4 Å². The van der Waals surface area contributed by atoms with Gasteiger partial charge in [-0.3, -0.25) is 0 Å². The normalized spacial score (nSPS) is 18.7. The summed E-state index contributed by atoms with van der Waals surface area (Å²) in [5.74, 6) is 1.10. The summed E-state index contributed by atoms with van der Waals surface area (Å²) in [6.45, 7) is 3.41. The van der Waals surface area contributed by atoms with E-state index >= 15 is 0 Å². The lowest BCUT2D eigenvalue weighted by molar-refractivity contribution is 0.0247. The largest absolute Gasteiger partial charge is 0.384 e. The fourth-order valence-corrected chi connectivity index (χ4v) is 4.62. The van der Waals surface area contributed by atoms with Gasteiger partial charge < -0.3 is 25.8 Å². The van der Waals surface area contributed by atoms with Crippen molar-refractivity contribution in [3.63, 3.8) is 0 Å². The maximum Gasteiger partial charge on any atom is 0.126 e. The zero-order valence-electron chi connectivity index (χ0n) is 20.0. The summed E-state index contributed by atoms with van der Waals surface area (Å²) >= 11 is 12.5. The minimum Gasteiger partial charge on any atom is -0.384 e. The predicted octanol–water partition coefficient (Wildman–Crippen LogP) is 5.57. The van der Waals surface area contributed by atoms with Crippen molar-refractivity contribution in [2.24, 2.45) is 0 Å². The molecule has 34 heavy (non-hydrogen) atoms. The molecule has 2 aromatic rings. The van der Waals surface area contributed by atoms with Crippen LogP contribution < -0.4 is 16.4 Å². The molecule has 7 nitrogen and oxygen atoms in total. The van der Waals surface area contributed by atoms with Gasteiger partial charge in [-0.05, 0) is 50.3 Å². The molecule has 0 aromatic carbocycles. The van der Waals surface area contributed by atoms with Crippen LogP contribution >= 0.6 is 23.2 Å². The molecular formula is C25H37Cl2N5O2. The molecule has 4 rings (SSSR count). The van der Waals surface area contributed by atoms with Crippen molar-refractivity contribution < 1.29 is 9.47 Å². The molecule has 0 bridgehead atoms. The summed E-state index contributed by atoms with van der Waals surface area (Å²) in [6, 6.07) is 6.08. The fraction of sp³-hybridized carbons (Fsp3) is 0.600. The van der Waals surface area contributed by atoms with Crippen LogP contribution in [0.3, 0.4) is 0 Å². The molecule has 1 saturated heterocycles. The molecule has 1 atom stereocenters. The lowest BCUT2D eigenvalue weighted by Gasteiger charge is -2.23. The Labute approximate surface area is 213 Å². The van der Waals surface area contributed by atoms with Crippen molar-refractivity contribution in [2.45, 2.75) is 63.5 Å². The van der Waals surface area contributed by atoms with Crippen molar-refractivity contribution in [1.29, 1.82) is 0 Å². The second-order valence-corrected chi connectivity index (χ2v) is 9.58. The Morgan fingerprint density at radius 3 is 2.62 bits per heavy atom. The van der Waals surface area contributed by atoms with Gasteiger partial charge in [0.05, 0.1) is 28.5 Å². The van der Waals surface area contributed by atoms with Crippen LogP contribution in [0.5, 0.6) is 0 Å². The number of hydrogen-bond acceptors (Lipinski definition) is 7. The third-order valence-electron chi connectivity index (χ3n) is 6.11. The number of nitrogens with two attached hydrogens (primary N) is 1. The van der Waals surface area contributed by atoms with E-state index in [9.17, 15) is 0 Å². The van der Waals surface area contributed by atoms with Gasteiger partial charge in [0.2, 0.25) is 0 Å². The number of anilines is 2. The van der Waals surface area contributed by atoms with Gasteiger partial charge in [0.1, 0.15) is 11.6 Å². The maximum atomic E-state index is 6.27. The number of nitrogens with zero attached hydrogens (tertiary/aromatic N) is 2. The molecule has 3 heterocycles. The number of pyridine rings is 2. The van der Waals surface area contributed by atoms with E-state index in [1.54, 1.807) is 19.2 Å². The highest BCUT2D eigenvalue weighted by atomic mass is 35.5. The third kappa shape index (κ3) is 8.86. The maximum absolute atomic E-state index is 6.27. The van der Waals surface area contributed by atoms with Gasteiger partial charge in [-0.25, -0.2) is 9.97 Å². The zero-order chi connectivity index (χ0) is 24.2. The van der Waals surface area contributed by atoms with Crippen LogP contribution in [0, 0.1) is 0 Å². The molecule has 4 N–H and O–H groups in total. The van der Waals surface area contributed by atoms with Gasteiger partial charge in [0, 0.05) is 44.6 Å². The summed E-state index contributed by atoms with van der Waals surface area (Å²) in [5, 5.41) is 7.77. The minimum atomic E-state index is 0.227. The Hall–Kier alpha value is -1.64. The molecule has 9 heteroatoms. The quantitative estimate of drug-likeness (QED) is 0.400. The van der Waals surface area contributed by atoms with Crippen LogP contribution in [0.15, 0.2) is 24.4 Å². The third-order valence-corrected chi connectivity index (χ3v) is 6.71. The number of methoxy groups -OCH3 is 1. The number of nitrogen functional groups attached to an aromatic ring is 1. The van der Waals surface area contributed by atoms with Gasteiger partial charge in [-0.2, -0.15) is 0 Å². The zero-order valence-corrected chi connectivity index (χ0v) is 21.5. The van der Waals surface area contributed by atoms with E-state index in [-0.39, 0.29) is 6.10 Å². The lowest BCUT2D eigenvalue weighted by Crippen LogP contribution is -2.33. The Kier molecular flexibility index (Phi) is 11.6. The first-order chi connectivity index (χ1) is 16.6. The second kappa shape index (κ2) is 14.7. The van der Waals surface area contributed by atoms with Gasteiger partial charge in [0.15, 0.2) is 0 Å². The topological polar surface area (TPSA) is 94.3 Å². The number of aromatic nitrogens is 2. The number of nitrogens with one attached hydrogen (secondary N) is 2. The monoisotopic (exact) mass is 509 g/mol. The molecule has 1 aliphatic heterocycles. The number of hydrogen-bond donors (Lipinski definition) is 3. The molecule has 188 valence electrons. The standard InChI is InChI=1S/C16H18Cl2N4O.C9H19NO/c17-12-4-5-15(21-8-10-3-1-2-6-23-10)22-16(12)11-7-14(19)20-9-13(11)18;1-11-8-7-10-9-5-3-2-4-6-9/h4-5,7,9-10H,1-3,6,8H2,(H2,19,20)(H,21,22);9-10H,2-8H2,1H3. The van der Waals surface area contributed by atoms with Crippen molar-refractivity contribution in [3.05, 3.63) is 34.4 Å². The van der Waals surface area contributed by atoms with Crippen LogP contribution in [0.1, 0.15) is 51.4 Å². The van der Waals surface area contributed by atoms with Crippen LogP contribution in [0.2, 0.25) is 10.0 Å². The van der Waals surface area contributed by atoms with E-state index in [1.807, 2.05) is 6.07 Å². The summed E-state index contributed by atoms with van der Waals surface area (Å²) in [7, 11) is 1.75. The molecule has 0 radical (unpaired) electrons. The van der Waals surface area contributed by atoms with Crippen molar-refractivity contribution >= 4 is 34.8 Å². The summed E-state index contributed by atoms with van der Waals surface area (Å²) < 4.78 is 10.7. The van der Waals surface area contributed by atoms with E-state index in [0.717, 1.165) is 51.0 Å². The fourth-order valence-electron chi connectivity index (χ4n) is 4.22. The minimum absolute atomic E-state index is 0.227. The highest BCUT2D eigenvalue weighted by Crippen LogP contribution is 2.33. The Morgan fingerprint density at radius 1 is 1.09 bits per heavy atom. The van der Waals surface area contributed by atoms with Crippen LogP contribution in [-0.4, -0.2) is 55.5 Å². The van der Waals surface area contributed by atoms with E-state index in [0.29, 0.717) is 27.1 Å². The number of halogens is 2. The van der Waals surface area contributed by atoms with Crippen LogP contribution in [-0.2, 0) is 9.47 Å². The van der Waals surface area contributed by atoms with Gasteiger partial charge in [-0.1, -0.05) is 42.5 Å². The molecule has 0 amide bonds. The smallest absolute Gasteiger partial charge is 0.126 e. The SMILES string of the molecule is COCCNC1CCCCC1.Nc1cc(-c2nc(NCC3CCCCO3)ccc2Cl)c(Cl)cn1. The first kappa shape index (κ1) is 27.0. The Balaban J connectivity index is 0.000000248. The Morgan fingerprint density at radius 2 is 1.88 bits per heavy atom. The van der Waals surface area contributed by atoms with Crippen LogP contribution in [0.25, 0.3) is 11.3 Å². The highest BCUT2D eigenvalue weighted by molar-refractivity contribution is 6.36. The first-order valence-electron chi connectivity index (χ1n) is 12.2. The Bertz CT molecular complexity index is 874. The first-order valence-corrected chi connectivity index (χ1v) is 13.0. The van der Waals surface area contributed by atoms with Gasteiger partial charge in [-0.15, -0.1) is 0 Å². The second-order valence-electron chi connectivity index (χ2n) is 8.77. The highest BCUT2D eigenvalue weighted by Gasteiger charge is 2.15. The summed E-state index contributed by atoms with van der Waals surface area (Å²) in [6.07, 6.45) is 12.1. The average molecular weight is 511 g/mol. The molecule has 1 unspecified atom stereocenters. The van der Waals surface area contributed by atoms with Crippen LogP contribution in [0.4, 0.5) is 11.6 Å². The average Bonchev–Trinajstić information content (AvgIpc) is 2.87. The van der Waals surface area contributed by atoms with E-state index in [2.05, 4.69) is 20.6 Å². The molecular weight excluding hydrogens is 473 g/mol. The van der Waals surface area contributed by atoms with Gasteiger partial charge in [0.25, 0.3) is 0 Å². The molecule has 2 aliphatic rings. The molecule has 0 spiro atoms. The molecule has 1 aliphatic carbocycles. The van der Waals surface area contributed by atoms with Crippen molar-refractivity contribution in [3.8, 4) is 11.3 Å². The lowest BCUT2D eigenvalue weighted by atomic mass is 9.96. The van der Waals surface area contributed by atoms with Gasteiger partial charge >= 0.3 is 0 Å². The van der Waals surface area contributed by atoms with E-state index < -0.39 is 0 Å². The summed E-state index contributed by atoms with van der Waals surface area (Å²) in [5.41, 5.74) is 6.99. The summed E-state index contributed by atoms with van der Waals surface area (Å²) in [4.78, 5) is 8.52. The van der Waals surface area contributed by atoms with Crippen molar-refractivity contribution in [2.75, 3.05) is 44.5 Å². The number of rotatable bonds is 8.